The summed E-state index contributed by atoms with van der Waals surface area (Å²) in [6, 6.07) is 10.8. The number of aromatic nitrogens is 3. The average molecular weight is 452 g/mol. The molecule has 3 aromatic heterocycles. The van der Waals surface area contributed by atoms with Gasteiger partial charge in [-0.2, -0.15) is 5.10 Å². The van der Waals surface area contributed by atoms with Gasteiger partial charge in [-0.25, -0.2) is 4.98 Å². The first-order chi connectivity index (χ1) is 15.5. The minimum atomic E-state index is -0.237. The maximum Gasteiger partial charge on any atom is 0.246 e. The Hall–Kier alpha value is -3.92. The van der Waals surface area contributed by atoms with Gasteiger partial charge in [0.25, 0.3) is 0 Å². The van der Waals surface area contributed by atoms with Gasteiger partial charge in [0.05, 0.1) is 31.1 Å². The van der Waals surface area contributed by atoms with E-state index in [1.165, 1.54) is 22.2 Å². The highest BCUT2D eigenvalue weighted by Crippen LogP contribution is 2.25. The Morgan fingerprint density at radius 1 is 1.09 bits per heavy atom. The summed E-state index contributed by atoms with van der Waals surface area (Å²) >= 11 is 1.43. The standard InChI is InChI=1S/C22H21N5O4S/c1-14-3-8-19(31-14)22-26-16(13-32-22)9-20(28)25-17-10-23-27(11-17)12-21(29)24-15-4-6-18(30-2)7-5-15/h3-8,10-11,13H,9,12H2,1-2H3,(H,24,29)(H,25,28). The molecule has 32 heavy (non-hydrogen) atoms. The van der Waals surface area contributed by atoms with Gasteiger partial charge in [-0.05, 0) is 43.3 Å². The van der Waals surface area contributed by atoms with E-state index in [1.807, 2.05) is 24.4 Å². The maximum absolute atomic E-state index is 12.4. The first-order valence-electron chi connectivity index (χ1n) is 9.76. The van der Waals surface area contributed by atoms with E-state index in [4.69, 9.17) is 9.15 Å². The highest BCUT2D eigenvalue weighted by atomic mass is 32.1. The summed E-state index contributed by atoms with van der Waals surface area (Å²) in [5.41, 5.74) is 1.82. The number of amides is 2. The highest BCUT2D eigenvalue weighted by Gasteiger charge is 2.13. The number of hydrogen-bond acceptors (Lipinski definition) is 7. The molecule has 3 heterocycles. The first-order valence-corrected chi connectivity index (χ1v) is 10.6. The van der Waals surface area contributed by atoms with Crippen molar-refractivity contribution < 1.29 is 18.7 Å². The highest BCUT2D eigenvalue weighted by molar-refractivity contribution is 7.13. The third-order valence-electron chi connectivity index (χ3n) is 4.44. The van der Waals surface area contributed by atoms with E-state index in [-0.39, 0.29) is 24.8 Å². The van der Waals surface area contributed by atoms with E-state index in [2.05, 4.69) is 20.7 Å². The summed E-state index contributed by atoms with van der Waals surface area (Å²) < 4.78 is 12.1. The number of carbonyl (C=O) groups is 2. The van der Waals surface area contributed by atoms with Crippen LogP contribution in [0.2, 0.25) is 0 Å². The molecule has 0 aliphatic carbocycles. The van der Waals surface area contributed by atoms with Crippen LogP contribution >= 0.6 is 11.3 Å². The quantitative estimate of drug-likeness (QED) is 0.422. The SMILES string of the molecule is COc1ccc(NC(=O)Cn2cc(NC(=O)Cc3csc(-c4ccc(C)o4)n3)cn2)cc1. The Labute approximate surface area is 188 Å². The molecule has 0 aliphatic rings. The number of hydrogen-bond donors (Lipinski definition) is 2. The van der Waals surface area contributed by atoms with E-state index in [1.54, 1.807) is 37.6 Å². The third-order valence-corrected chi connectivity index (χ3v) is 5.35. The lowest BCUT2D eigenvalue weighted by Gasteiger charge is -2.06. The molecule has 0 unspecified atom stereocenters. The predicted octanol–water partition coefficient (Wildman–Crippen LogP) is 3.74. The Kier molecular flexibility index (Phi) is 6.31. The number of aryl methyl sites for hydroxylation is 1. The number of anilines is 2. The zero-order chi connectivity index (χ0) is 22.5. The average Bonchev–Trinajstić information content (AvgIpc) is 3.50. The zero-order valence-corrected chi connectivity index (χ0v) is 18.3. The molecule has 0 radical (unpaired) electrons. The first kappa shape index (κ1) is 21.3. The van der Waals surface area contributed by atoms with Gasteiger partial charge in [0.15, 0.2) is 10.8 Å². The largest absolute Gasteiger partial charge is 0.497 e. The third kappa shape index (κ3) is 5.41. The zero-order valence-electron chi connectivity index (χ0n) is 17.5. The molecular weight excluding hydrogens is 430 g/mol. The van der Waals surface area contributed by atoms with Crippen LogP contribution in [-0.2, 0) is 22.6 Å². The van der Waals surface area contributed by atoms with Crippen molar-refractivity contribution in [1.82, 2.24) is 14.8 Å². The molecule has 4 aromatic rings. The molecule has 0 aliphatic heterocycles. The van der Waals surface area contributed by atoms with E-state index in [9.17, 15) is 9.59 Å². The molecule has 1 aromatic carbocycles. The summed E-state index contributed by atoms with van der Waals surface area (Å²) in [6.45, 7) is 1.88. The van der Waals surface area contributed by atoms with E-state index < -0.39 is 0 Å². The van der Waals surface area contributed by atoms with Gasteiger partial charge in [-0.3, -0.25) is 14.3 Å². The number of furan rings is 1. The van der Waals surface area contributed by atoms with Crippen molar-refractivity contribution in [2.75, 3.05) is 17.7 Å². The number of methoxy groups -OCH3 is 1. The minimum absolute atomic E-state index is 0.0138. The lowest BCUT2D eigenvalue weighted by atomic mass is 10.3. The molecule has 0 saturated carbocycles. The molecule has 0 saturated heterocycles. The van der Waals surface area contributed by atoms with Crippen LogP contribution in [0, 0.1) is 6.92 Å². The Balaban J connectivity index is 1.28. The monoisotopic (exact) mass is 451 g/mol. The number of thiazole rings is 1. The van der Waals surface area contributed by atoms with Gasteiger partial charge in [0, 0.05) is 17.3 Å². The maximum atomic E-state index is 12.4. The van der Waals surface area contributed by atoms with Gasteiger partial charge in [0.1, 0.15) is 18.1 Å². The van der Waals surface area contributed by atoms with Crippen LogP contribution in [0.15, 0.2) is 58.6 Å². The fourth-order valence-corrected chi connectivity index (χ4v) is 3.74. The van der Waals surface area contributed by atoms with Crippen molar-refractivity contribution in [3.8, 4) is 16.5 Å². The number of carbonyl (C=O) groups excluding carboxylic acids is 2. The van der Waals surface area contributed by atoms with Crippen molar-refractivity contribution in [1.29, 1.82) is 0 Å². The van der Waals surface area contributed by atoms with E-state index in [0.717, 1.165) is 10.8 Å². The second-order valence-corrected chi connectivity index (χ2v) is 7.84. The molecule has 164 valence electrons. The van der Waals surface area contributed by atoms with E-state index >= 15 is 0 Å². The number of benzene rings is 1. The van der Waals surface area contributed by atoms with Crippen LogP contribution in [0.4, 0.5) is 11.4 Å². The molecule has 0 fully saturated rings. The van der Waals surface area contributed by atoms with Gasteiger partial charge >= 0.3 is 0 Å². The topological polar surface area (TPSA) is 111 Å². The molecule has 4 rings (SSSR count). The smallest absolute Gasteiger partial charge is 0.246 e. The second-order valence-electron chi connectivity index (χ2n) is 6.98. The van der Waals surface area contributed by atoms with Crippen molar-refractivity contribution in [3.05, 3.63) is 65.6 Å². The predicted molar refractivity (Wildman–Crippen MR) is 121 cm³/mol. The van der Waals surface area contributed by atoms with Gasteiger partial charge in [-0.15, -0.1) is 11.3 Å². The fraction of sp³-hybridized carbons (Fsp3) is 0.182. The molecule has 2 amide bonds. The molecule has 0 bridgehead atoms. The van der Waals surface area contributed by atoms with Crippen LogP contribution in [0.3, 0.4) is 0 Å². The molecule has 0 atom stereocenters. The van der Waals surface area contributed by atoms with Gasteiger partial charge in [-0.1, -0.05) is 0 Å². The van der Waals surface area contributed by atoms with Crippen molar-refractivity contribution in [2.24, 2.45) is 0 Å². The molecule has 10 heteroatoms. The molecule has 0 spiro atoms. The Bertz CT molecular complexity index is 1230. The number of nitrogens with zero attached hydrogens (tertiary/aromatic N) is 3. The minimum Gasteiger partial charge on any atom is -0.497 e. The number of rotatable bonds is 8. The lowest BCUT2D eigenvalue weighted by Crippen LogP contribution is -2.19. The fourth-order valence-electron chi connectivity index (χ4n) is 2.96. The summed E-state index contributed by atoms with van der Waals surface area (Å²) in [5.74, 6) is 1.75. The van der Waals surface area contributed by atoms with Crippen molar-refractivity contribution in [3.63, 3.8) is 0 Å². The van der Waals surface area contributed by atoms with E-state index in [0.29, 0.717) is 28.6 Å². The molecular formula is C22H21N5O4S. The van der Waals surface area contributed by atoms with Crippen LogP contribution in [0.5, 0.6) is 5.75 Å². The van der Waals surface area contributed by atoms with Crippen LogP contribution in [-0.4, -0.2) is 33.7 Å². The molecule has 2 N–H and O–H groups in total. The Morgan fingerprint density at radius 2 is 1.88 bits per heavy atom. The van der Waals surface area contributed by atoms with Crippen molar-refractivity contribution in [2.45, 2.75) is 19.9 Å². The summed E-state index contributed by atoms with van der Waals surface area (Å²) in [5, 5.41) is 12.2. The van der Waals surface area contributed by atoms with Gasteiger partial charge in [0.2, 0.25) is 11.8 Å². The Morgan fingerprint density at radius 3 is 2.59 bits per heavy atom. The van der Waals surface area contributed by atoms with Crippen LogP contribution in [0.1, 0.15) is 11.5 Å². The summed E-state index contributed by atoms with van der Waals surface area (Å²) in [6.07, 6.45) is 3.22. The normalized spacial score (nSPS) is 10.7. The van der Waals surface area contributed by atoms with Crippen LogP contribution in [0.25, 0.3) is 10.8 Å². The summed E-state index contributed by atoms with van der Waals surface area (Å²) in [4.78, 5) is 29.0. The second kappa shape index (κ2) is 9.48. The lowest BCUT2D eigenvalue weighted by molar-refractivity contribution is -0.117. The number of ether oxygens (including phenoxy) is 1. The van der Waals surface area contributed by atoms with Gasteiger partial charge < -0.3 is 19.8 Å². The number of nitrogens with one attached hydrogen (secondary N) is 2. The molecule has 9 nitrogen and oxygen atoms in total. The van der Waals surface area contributed by atoms with Crippen molar-refractivity contribution >= 4 is 34.5 Å². The van der Waals surface area contributed by atoms with Crippen LogP contribution < -0.4 is 15.4 Å². The summed E-state index contributed by atoms with van der Waals surface area (Å²) in [7, 11) is 1.58.